The van der Waals surface area contributed by atoms with Crippen LogP contribution in [0.2, 0.25) is 0 Å². The zero-order chi connectivity index (χ0) is 23.2. The number of hydrogen-bond acceptors (Lipinski definition) is 7. The number of aromatic nitrogens is 2. The Labute approximate surface area is 184 Å². The number of para-hydroxylation sites is 2. The van der Waals surface area contributed by atoms with Gasteiger partial charge in [0.1, 0.15) is 6.04 Å². The lowest BCUT2D eigenvalue weighted by atomic mass is 10.1. The van der Waals surface area contributed by atoms with E-state index in [1.54, 1.807) is 37.3 Å². The zero-order valence-electron chi connectivity index (χ0n) is 18.0. The summed E-state index contributed by atoms with van der Waals surface area (Å²) < 4.78 is 37.1. The number of nitrogens with zero attached hydrogens (tertiary/aromatic N) is 2. The predicted molar refractivity (Wildman–Crippen MR) is 117 cm³/mol. The summed E-state index contributed by atoms with van der Waals surface area (Å²) in [5, 5.41) is 0. The van der Waals surface area contributed by atoms with Gasteiger partial charge in [0.05, 0.1) is 17.0 Å². The van der Waals surface area contributed by atoms with Crippen LogP contribution in [-0.4, -0.2) is 47.4 Å². The quantitative estimate of drug-likeness (QED) is 0.409. The second-order valence-electron chi connectivity index (χ2n) is 8.12. The van der Waals surface area contributed by atoms with Gasteiger partial charge in [-0.15, -0.1) is 0 Å². The van der Waals surface area contributed by atoms with Gasteiger partial charge in [0.15, 0.2) is 22.0 Å². The number of fused-ring (bicyclic) bond motifs is 1. The van der Waals surface area contributed by atoms with Crippen LogP contribution in [0.1, 0.15) is 47.2 Å². The SMILES string of the molecule is Cc1cc(C(=O)COC(=O)C(C)n2c(=O)oc3ccccc32)c(C)n1C1CCS(=O)(=O)C1. The summed E-state index contributed by atoms with van der Waals surface area (Å²) >= 11 is 0. The van der Waals surface area contributed by atoms with Gasteiger partial charge in [0.2, 0.25) is 5.78 Å². The molecule has 170 valence electrons. The number of aryl methyl sites for hydroxylation is 1. The first-order chi connectivity index (χ1) is 15.1. The Hall–Kier alpha value is -3.14. The minimum atomic E-state index is -3.07. The molecule has 0 bridgehead atoms. The number of esters is 1. The number of carbonyl (C=O) groups excluding carboxylic acids is 2. The van der Waals surface area contributed by atoms with E-state index in [0.29, 0.717) is 28.8 Å². The number of rotatable bonds is 6. The summed E-state index contributed by atoms with van der Waals surface area (Å²) in [6, 6.07) is 7.23. The number of hydrogen-bond donors (Lipinski definition) is 0. The molecule has 0 aliphatic carbocycles. The van der Waals surface area contributed by atoms with Crippen molar-refractivity contribution in [2.75, 3.05) is 18.1 Å². The fourth-order valence-corrected chi connectivity index (χ4v) is 6.09. The van der Waals surface area contributed by atoms with Gasteiger partial charge in [-0.1, -0.05) is 12.1 Å². The van der Waals surface area contributed by atoms with Crippen molar-refractivity contribution in [2.24, 2.45) is 0 Å². The summed E-state index contributed by atoms with van der Waals surface area (Å²) in [6.45, 7) is 4.59. The first kappa shape index (κ1) is 22.1. The number of ketones is 1. The van der Waals surface area contributed by atoms with Gasteiger partial charge in [0, 0.05) is 23.0 Å². The fraction of sp³-hybridized carbons (Fsp3) is 0.409. The van der Waals surface area contributed by atoms with E-state index in [-0.39, 0.29) is 17.5 Å². The van der Waals surface area contributed by atoms with Gasteiger partial charge in [-0.05, 0) is 45.4 Å². The van der Waals surface area contributed by atoms with Crippen LogP contribution in [-0.2, 0) is 19.4 Å². The topological polar surface area (TPSA) is 118 Å². The number of carbonyl (C=O) groups is 2. The monoisotopic (exact) mass is 460 g/mol. The molecule has 2 unspecified atom stereocenters. The van der Waals surface area contributed by atoms with Crippen LogP contribution in [0.3, 0.4) is 0 Å². The van der Waals surface area contributed by atoms with Crippen LogP contribution < -0.4 is 5.76 Å². The first-order valence-corrected chi connectivity index (χ1v) is 12.1. The second-order valence-corrected chi connectivity index (χ2v) is 10.4. The van der Waals surface area contributed by atoms with Crippen LogP contribution >= 0.6 is 0 Å². The molecule has 9 nitrogen and oxygen atoms in total. The molecular weight excluding hydrogens is 436 g/mol. The Morgan fingerprint density at radius 1 is 1.25 bits per heavy atom. The van der Waals surface area contributed by atoms with Gasteiger partial charge >= 0.3 is 11.7 Å². The fourth-order valence-electron chi connectivity index (χ4n) is 4.39. The maximum atomic E-state index is 12.8. The van der Waals surface area contributed by atoms with Crippen LogP contribution in [0.4, 0.5) is 0 Å². The average molecular weight is 461 g/mol. The molecular formula is C22H24N2O7S. The first-order valence-electron chi connectivity index (χ1n) is 10.3. The van der Waals surface area contributed by atoms with E-state index in [2.05, 4.69) is 0 Å². The molecule has 1 aromatic carbocycles. The Morgan fingerprint density at radius 3 is 2.66 bits per heavy atom. The van der Waals surface area contributed by atoms with Gasteiger partial charge in [-0.2, -0.15) is 0 Å². The number of benzene rings is 1. The molecule has 10 heteroatoms. The molecule has 0 radical (unpaired) electrons. The predicted octanol–water partition coefficient (Wildman–Crippen LogP) is 2.36. The molecule has 1 aliphatic heterocycles. The smallest absolute Gasteiger partial charge is 0.420 e. The minimum absolute atomic E-state index is 0.0525. The van der Waals surface area contributed by atoms with Gasteiger partial charge < -0.3 is 13.7 Å². The molecule has 4 rings (SSSR count). The van der Waals surface area contributed by atoms with Crippen LogP contribution in [0, 0.1) is 13.8 Å². The van der Waals surface area contributed by atoms with Crippen LogP contribution in [0.15, 0.2) is 39.5 Å². The maximum Gasteiger partial charge on any atom is 0.420 e. The van der Waals surface area contributed by atoms with Crippen molar-refractivity contribution in [1.82, 2.24) is 9.13 Å². The summed E-state index contributed by atoms with van der Waals surface area (Å²) in [5.74, 6) is -1.62. The van der Waals surface area contributed by atoms with E-state index in [1.165, 1.54) is 11.5 Å². The second kappa shape index (κ2) is 8.09. The van der Waals surface area contributed by atoms with Crippen molar-refractivity contribution in [1.29, 1.82) is 0 Å². The van der Waals surface area contributed by atoms with E-state index in [1.807, 2.05) is 11.5 Å². The van der Waals surface area contributed by atoms with Gasteiger partial charge in [-0.25, -0.2) is 18.0 Å². The number of ether oxygens (including phenoxy) is 1. The van der Waals surface area contributed by atoms with Crippen molar-refractivity contribution < 1.29 is 27.2 Å². The summed E-state index contributed by atoms with van der Waals surface area (Å²) in [7, 11) is -3.07. The lowest BCUT2D eigenvalue weighted by Gasteiger charge is -2.16. The third-order valence-corrected chi connectivity index (χ3v) is 7.70. The molecule has 2 atom stereocenters. The van der Waals surface area contributed by atoms with Crippen molar-refractivity contribution in [3.63, 3.8) is 0 Å². The third-order valence-electron chi connectivity index (χ3n) is 5.95. The Bertz CT molecular complexity index is 1380. The standard InChI is InChI=1S/C22H24N2O7S/c1-13-10-17(14(2)23(13)16-8-9-32(28,29)12-16)19(25)11-30-21(26)15(3)24-18-6-4-5-7-20(18)31-22(24)27/h4-7,10,15-16H,8-9,11-12H2,1-3H3. The Kier molecular flexibility index (Phi) is 5.58. The molecule has 3 aromatic rings. The molecule has 0 saturated carbocycles. The van der Waals surface area contributed by atoms with E-state index >= 15 is 0 Å². The Morgan fingerprint density at radius 2 is 1.97 bits per heavy atom. The zero-order valence-corrected chi connectivity index (χ0v) is 18.8. The van der Waals surface area contributed by atoms with Crippen molar-refractivity contribution in [3.8, 4) is 0 Å². The molecule has 3 heterocycles. The lowest BCUT2D eigenvalue weighted by molar-refractivity contribution is -0.146. The highest BCUT2D eigenvalue weighted by atomic mass is 32.2. The van der Waals surface area contributed by atoms with E-state index in [9.17, 15) is 22.8 Å². The number of Topliss-reactive ketones (excluding diaryl/α,β-unsaturated/α-hetero) is 1. The highest BCUT2D eigenvalue weighted by Gasteiger charge is 2.32. The lowest BCUT2D eigenvalue weighted by Crippen LogP contribution is -2.28. The highest BCUT2D eigenvalue weighted by molar-refractivity contribution is 7.91. The van der Waals surface area contributed by atoms with Crippen LogP contribution in [0.25, 0.3) is 11.1 Å². The summed E-state index contributed by atoms with van der Waals surface area (Å²) in [5.41, 5.74) is 2.64. The van der Waals surface area contributed by atoms with E-state index < -0.39 is 40.0 Å². The molecule has 0 spiro atoms. The molecule has 0 amide bonds. The molecule has 2 aromatic heterocycles. The molecule has 1 fully saturated rings. The minimum Gasteiger partial charge on any atom is -0.456 e. The third kappa shape index (κ3) is 3.90. The Balaban J connectivity index is 1.48. The van der Waals surface area contributed by atoms with Gasteiger partial charge in [-0.3, -0.25) is 9.36 Å². The highest BCUT2D eigenvalue weighted by Crippen LogP contribution is 2.29. The van der Waals surface area contributed by atoms with Crippen molar-refractivity contribution >= 4 is 32.7 Å². The number of sulfone groups is 1. The van der Waals surface area contributed by atoms with Crippen molar-refractivity contribution in [3.05, 3.63) is 57.8 Å². The largest absolute Gasteiger partial charge is 0.456 e. The summed E-state index contributed by atoms with van der Waals surface area (Å²) in [4.78, 5) is 37.5. The number of oxazole rings is 1. The van der Waals surface area contributed by atoms with E-state index in [0.717, 1.165) is 5.69 Å². The van der Waals surface area contributed by atoms with Crippen molar-refractivity contribution in [2.45, 2.75) is 39.3 Å². The van der Waals surface area contributed by atoms with Gasteiger partial charge in [0.25, 0.3) is 0 Å². The molecule has 32 heavy (non-hydrogen) atoms. The van der Waals surface area contributed by atoms with E-state index in [4.69, 9.17) is 9.15 Å². The average Bonchev–Trinajstić information content (AvgIpc) is 3.36. The molecule has 1 aliphatic rings. The molecule has 1 saturated heterocycles. The molecule has 0 N–H and O–H groups in total. The summed E-state index contributed by atoms with van der Waals surface area (Å²) in [6.07, 6.45) is 0.506. The van der Waals surface area contributed by atoms with Crippen LogP contribution in [0.5, 0.6) is 0 Å². The normalized spacial score (nSPS) is 18.7. The maximum absolute atomic E-state index is 12.8.